The zero-order valence-electron chi connectivity index (χ0n) is 45.3. The van der Waals surface area contributed by atoms with E-state index < -0.39 is 108 Å². The summed E-state index contributed by atoms with van der Waals surface area (Å²) in [6, 6.07) is -8.83. The molecule has 0 aromatic carbocycles. The van der Waals surface area contributed by atoms with E-state index in [1.54, 1.807) is 0 Å². The van der Waals surface area contributed by atoms with Gasteiger partial charge in [0.25, 0.3) is 0 Å². The number of carbonyl (C=O) groups excluding carboxylic acids is 7. The lowest BCUT2D eigenvalue weighted by molar-refractivity contribution is -0.163. The standard InChI is InChI=1S/C50H89N11O16/c1-6-7-8-9-10-11-12-13-14-15-16-25-40(65)55-35(21-17-26-53-50(51)52)42(66)31(2)44(68)58-41(43(67)49(74)75)46(70)57-38(30-62)47(71)59-27-20-24-39(59)32(3)54-36(22-18-28-60(76)33(4)63)45(69)56-37(48(72)73)23-19-29-61(77)34(5)64/h31,35-39,41-43,54,62,66-67,76-77H,3,6-30H2,1-2,4-5H3,(H,55,65)(H,56,69)(H,57,70)(H,58,68)(H,72,73)(H,74,75)(H4,51,52,53)/t31-,35-,36?,37-,38+,39-,41-,42-,43-/m0/s1. The number of hydrogen-bond donors (Lipinski definition) is 14. The van der Waals surface area contributed by atoms with E-state index in [9.17, 15) is 79.1 Å². The molecule has 7 amide bonds. The van der Waals surface area contributed by atoms with Gasteiger partial charge < -0.3 is 68.5 Å². The van der Waals surface area contributed by atoms with Crippen molar-refractivity contribution in [2.75, 3.05) is 32.8 Å². The number of carboxylic acid groups (broad SMARTS) is 2. The summed E-state index contributed by atoms with van der Waals surface area (Å²) in [4.78, 5) is 121. The van der Waals surface area contributed by atoms with Crippen molar-refractivity contribution >= 4 is 59.2 Å². The quantitative estimate of drug-likeness (QED) is 0.0123. The predicted octanol–water partition coefficient (Wildman–Crippen LogP) is -0.302. The van der Waals surface area contributed by atoms with Gasteiger partial charge in [0, 0.05) is 52.1 Å². The maximum absolute atomic E-state index is 14.1. The van der Waals surface area contributed by atoms with Crippen LogP contribution in [0.3, 0.4) is 0 Å². The Labute approximate surface area is 450 Å². The molecule has 440 valence electrons. The highest BCUT2D eigenvalue weighted by Crippen LogP contribution is 2.24. The first-order valence-electron chi connectivity index (χ1n) is 26.8. The minimum atomic E-state index is -2.61. The summed E-state index contributed by atoms with van der Waals surface area (Å²) >= 11 is 0. The van der Waals surface area contributed by atoms with Crippen molar-refractivity contribution < 1.29 is 79.1 Å². The van der Waals surface area contributed by atoms with Crippen molar-refractivity contribution in [1.82, 2.24) is 41.6 Å². The summed E-state index contributed by atoms with van der Waals surface area (Å²) in [5, 5.41) is 85.0. The maximum Gasteiger partial charge on any atom is 0.335 e. The molecule has 1 fully saturated rings. The van der Waals surface area contributed by atoms with Crippen LogP contribution in [0.1, 0.15) is 156 Å². The SMILES string of the molecule is C=C(NC(CCCN(O)C(C)=O)C(=O)N[C@@H](CCCN(O)C(C)=O)C(=O)O)[C@@H]1CCCN1C(=O)[C@@H](CO)NC(=O)[C@@H](NC(=O)[C@@H](C)[C@H](O)[C@H](CCCN=C(N)N)NC(=O)CCCCCCCCCCCCC)[C@H](O)C(=O)O. The third kappa shape index (κ3) is 26.6. The van der Waals surface area contributed by atoms with Gasteiger partial charge in [0.2, 0.25) is 41.4 Å². The highest BCUT2D eigenvalue weighted by molar-refractivity contribution is 5.96. The second-order valence-electron chi connectivity index (χ2n) is 19.6. The van der Waals surface area contributed by atoms with Crippen LogP contribution in [-0.2, 0) is 43.2 Å². The van der Waals surface area contributed by atoms with Gasteiger partial charge in [-0.3, -0.25) is 49.0 Å². The zero-order chi connectivity index (χ0) is 58.2. The molecule has 0 radical (unpaired) electrons. The summed E-state index contributed by atoms with van der Waals surface area (Å²) < 4.78 is 0. The van der Waals surface area contributed by atoms with Crippen molar-refractivity contribution in [1.29, 1.82) is 0 Å². The molecule has 1 saturated heterocycles. The Morgan fingerprint density at radius 3 is 1.71 bits per heavy atom. The van der Waals surface area contributed by atoms with Crippen LogP contribution in [-0.4, -0.2) is 191 Å². The van der Waals surface area contributed by atoms with Crippen molar-refractivity contribution in [2.24, 2.45) is 22.4 Å². The van der Waals surface area contributed by atoms with Gasteiger partial charge in [0.05, 0.1) is 30.7 Å². The monoisotopic (exact) mass is 1100 g/mol. The van der Waals surface area contributed by atoms with E-state index in [-0.39, 0.29) is 95.1 Å². The van der Waals surface area contributed by atoms with E-state index in [1.807, 2.05) is 0 Å². The van der Waals surface area contributed by atoms with E-state index in [2.05, 4.69) is 45.1 Å². The Morgan fingerprint density at radius 1 is 0.675 bits per heavy atom. The molecule has 0 aromatic rings. The molecule has 0 bridgehead atoms. The Bertz CT molecular complexity index is 1940. The number of nitrogens with two attached hydrogens (primary N) is 2. The van der Waals surface area contributed by atoms with Gasteiger partial charge in [-0.15, -0.1) is 0 Å². The number of nitrogens with zero attached hydrogens (tertiary/aromatic N) is 4. The molecule has 0 saturated carbocycles. The Balaban J connectivity index is 3.21. The molecule has 16 N–H and O–H groups in total. The van der Waals surface area contributed by atoms with Crippen molar-refractivity contribution in [2.45, 2.75) is 205 Å². The van der Waals surface area contributed by atoms with Gasteiger partial charge in [-0.2, -0.15) is 0 Å². The number of hydroxylamine groups is 4. The number of aliphatic imine (C=N–C) groups is 1. The van der Waals surface area contributed by atoms with Gasteiger partial charge in [-0.05, 0) is 57.8 Å². The van der Waals surface area contributed by atoms with Crippen LogP contribution < -0.4 is 38.1 Å². The Hall–Kier alpha value is -6.16. The summed E-state index contributed by atoms with van der Waals surface area (Å²) in [7, 11) is 0. The van der Waals surface area contributed by atoms with Crippen LogP contribution in [0.5, 0.6) is 0 Å². The molecule has 1 aliphatic heterocycles. The predicted molar refractivity (Wildman–Crippen MR) is 280 cm³/mol. The molecule has 1 aliphatic rings. The van der Waals surface area contributed by atoms with Crippen molar-refractivity contribution in [3.63, 3.8) is 0 Å². The molecule has 0 aliphatic carbocycles. The first-order valence-corrected chi connectivity index (χ1v) is 26.8. The number of nitrogens with one attached hydrogen (secondary N) is 5. The molecule has 0 spiro atoms. The average molecular weight is 1100 g/mol. The first kappa shape index (κ1) is 68.9. The van der Waals surface area contributed by atoms with E-state index in [4.69, 9.17) is 11.5 Å². The van der Waals surface area contributed by atoms with Gasteiger partial charge in [-0.1, -0.05) is 84.6 Å². The van der Waals surface area contributed by atoms with Gasteiger partial charge in [-0.25, -0.2) is 19.7 Å². The average Bonchev–Trinajstić information content (AvgIpc) is 3.88. The van der Waals surface area contributed by atoms with Crippen LogP contribution in [0.15, 0.2) is 17.3 Å². The van der Waals surface area contributed by atoms with E-state index in [1.165, 1.54) is 50.3 Å². The molecule has 77 heavy (non-hydrogen) atoms. The summed E-state index contributed by atoms with van der Waals surface area (Å²) in [6.07, 6.45) is 8.35. The molecule has 9 atom stereocenters. The summed E-state index contributed by atoms with van der Waals surface area (Å²) in [5.74, 6) is -11.1. The Morgan fingerprint density at radius 2 is 1.21 bits per heavy atom. The van der Waals surface area contributed by atoms with Crippen LogP contribution in [0.25, 0.3) is 0 Å². The lowest BCUT2D eigenvalue weighted by Gasteiger charge is -2.33. The number of amides is 7. The number of aliphatic carboxylic acids is 2. The number of likely N-dealkylation sites (tertiary alicyclic amines) is 1. The minimum Gasteiger partial charge on any atom is -0.480 e. The molecule has 1 rings (SSSR count). The number of rotatable bonds is 41. The Kier molecular flexibility index (Phi) is 33.6. The molecular weight excluding hydrogens is 1010 g/mol. The fourth-order valence-corrected chi connectivity index (χ4v) is 8.66. The fraction of sp³-hybridized carbons (Fsp3) is 0.760. The number of hydrogen-bond acceptors (Lipinski definition) is 16. The number of carboxylic acids is 2. The number of aliphatic hydroxyl groups excluding tert-OH is 3. The third-order valence-corrected chi connectivity index (χ3v) is 13.3. The fourth-order valence-electron chi connectivity index (χ4n) is 8.66. The van der Waals surface area contributed by atoms with Crippen molar-refractivity contribution in [3.05, 3.63) is 12.3 Å². The van der Waals surface area contributed by atoms with Crippen molar-refractivity contribution in [3.8, 4) is 0 Å². The second-order valence-corrected chi connectivity index (χ2v) is 19.6. The lowest BCUT2D eigenvalue weighted by atomic mass is 9.93. The zero-order valence-corrected chi connectivity index (χ0v) is 45.3. The largest absolute Gasteiger partial charge is 0.480 e. The van der Waals surface area contributed by atoms with Crippen LogP contribution in [0.2, 0.25) is 0 Å². The smallest absolute Gasteiger partial charge is 0.335 e. The van der Waals surface area contributed by atoms with Gasteiger partial charge in [0.1, 0.15) is 24.2 Å². The van der Waals surface area contributed by atoms with E-state index in [0.29, 0.717) is 23.0 Å². The summed E-state index contributed by atoms with van der Waals surface area (Å²) in [6.45, 7) is 8.26. The molecule has 27 nitrogen and oxygen atoms in total. The van der Waals surface area contributed by atoms with Crippen LogP contribution in [0, 0.1) is 5.92 Å². The van der Waals surface area contributed by atoms with E-state index >= 15 is 0 Å². The van der Waals surface area contributed by atoms with Crippen LogP contribution in [0.4, 0.5) is 0 Å². The van der Waals surface area contributed by atoms with Gasteiger partial charge >= 0.3 is 11.9 Å². The van der Waals surface area contributed by atoms with Gasteiger partial charge in [0.15, 0.2) is 12.1 Å². The molecule has 1 unspecified atom stereocenters. The number of aliphatic hydroxyl groups is 3. The minimum absolute atomic E-state index is 0.00514. The number of guanidine groups is 1. The highest BCUT2D eigenvalue weighted by atomic mass is 16.5. The molecule has 1 heterocycles. The molecular formula is C50H89N11O16. The number of carbonyl (C=O) groups is 9. The molecule has 0 aromatic heterocycles. The topological polar surface area (TPSA) is 430 Å². The number of unbranched alkanes of at least 4 members (excludes halogenated alkanes) is 10. The van der Waals surface area contributed by atoms with E-state index in [0.717, 1.165) is 39.5 Å². The normalized spacial score (nSPS) is 16.2. The second kappa shape index (κ2) is 37.6. The highest BCUT2D eigenvalue weighted by Gasteiger charge is 2.41. The third-order valence-electron chi connectivity index (χ3n) is 13.3. The molecule has 27 heteroatoms. The first-order chi connectivity index (χ1) is 36.4. The maximum atomic E-state index is 14.1. The van der Waals surface area contributed by atoms with Crippen LogP contribution >= 0.6 is 0 Å². The lowest BCUT2D eigenvalue weighted by Crippen LogP contribution is -2.62. The summed E-state index contributed by atoms with van der Waals surface area (Å²) in [5.41, 5.74) is 10.9.